The van der Waals surface area contributed by atoms with Crippen molar-refractivity contribution in [2.24, 2.45) is 0 Å². The van der Waals surface area contributed by atoms with E-state index >= 15 is 0 Å². The van der Waals surface area contributed by atoms with Crippen molar-refractivity contribution in [3.8, 4) is 0 Å². The standard InChI is InChI=1S/C26H27N3O4S/c1-19-14-15-20(18-24(19)28-34(32,33)21-10-4-2-5-11-21)25(30)27-23-13-7-6-12-22(23)26(31)29-16-8-3-9-17-29/h2,4-7,10-15,18,28H,3,8-9,16-17H2,1H3,(H,27,30). The Morgan fingerprint density at radius 1 is 0.824 bits per heavy atom. The molecule has 0 radical (unpaired) electrons. The molecule has 0 saturated carbocycles. The van der Waals surface area contributed by atoms with Crippen LogP contribution in [0.2, 0.25) is 0 Å². The zero-order valence-corrected chi connectivity index (χ0v) is 19.8. The zero-order chi connectivity index (χ0) is 24.1. The molecule has 3 aromatic carbocycles. The molecule has 0 spiro atoms. The van der Waals surface area contributed by atoms with E-state index < -0.39 is 15.9 Å². The molecule has 176 valence electrons. The maximum Gasteiger partial charge on any atom is 0.261 e. The number of sulfonamides is 1. The Balaban J connectivity index is 1.55. The molecule has 4 rings (SSSR count). The summed E-state index contributed by atoms with van der Waals surface area (Å²) in [7, 11) is -3.80. The summed E-state index contributed by atoms with van der Waals surface area (Å²) < 4.78 is 28.1. The lowest BCUT2D eigenvalue weighted by Gasteiger charge is -2.27. The first kappa shape index (κ1) is 23.5. The number of nitrogens with one attached hydrogen (secondary N) is 2. The van der Waals surface area contributed by atoms with E-state index in [2.05, 4.69) is 10.0 Å². The summed E-state index contributed by atoms with van der Waals surface area (Å²) in [6, 6.07) is 19.8. The number of anilines is 2. The van der Waals surface area contributed by atoms with E-state index in [1.807, 2.05) is 4.90 Å². The first-order valence-corrected chi connectivity index (χ1v) is 12.7. The normalized spacial score (nSPS) is 13.9. The third-order valence-electron chi connectivity index (χ3n) is 5.85. The molecule has 1 aliphatic rings. The maximum atomic E-state index is 13.1. The molecule has 0 unspecified atom stereocenters. The first-order chi connectivity index (χ1) is 16.3. The van der Waals surface area contributed by atoms with Crippen molar-refractivity contribution >= 4 is 33.2 Å². The average molecular weight is 478 g/mol. The van der Waals surface area contributed by atoms with Gasteiger partial charge >= 0.3 is 0 Å². The monoisotopic (exact) mass is 477 g/mol. The van der Waals surface area contributed by atoms with Crippen LogP contribution < -0.4 is 10.0 Å². The van der Waals surface area contributed by atoms with Gasteiger partial charge in [0, 0.05) is 18.7 Å². The Labute approximate surface area is 199 Å². The second kappa shape index (κ2) is 10.1. The molecule has 34 heavy (non-hydrogen) atoms. The van der Waals surface area contributed by atoms with Crippen molar-refractivity contribution in [2.45, 2.75) is 31.1 Å². The minimum absolute atomic E-state index is 0.101. The number of benzene rings is 3. The lowest BCUT2D eigenvalue weighted by atomic mass is 10.1. The van der Waals surface area contributed by atoms with Gasteiger partial charge in [0.25, 0.3) is 21.8 Å². The van der Waals surface area contributed by atoms with E-state index in [0.717, 1.165) is 19.3 Å². The van der Waals surface area contributed by atoms with Crippen molar-refractivity contribution in [2.75, 3.05) is 23.1 Å². The molecule has 0 atom stereocenters. The molecule has 1 heterocycles. The van der Waals surface area contributed by atoms with Crippen molar-refractivity contribution in [1.82, 2.24) is 4.90 Å². The SMILES string of the molecule is Cc1ccc(C(=O)Nc2ccccc2C(=O)N2CCCCC2)cc1NS(=O)(=O)c1ccccc1. The Morgan fingerprint density at radius 3 is 2.24 bits per heavy atom. The van der Waals surface area contributed by atoms with Crippen LogP contribution in [0.5, 0.6) is 0 Å². The Hall–Kier alpha value is -3.65. The van der Waals surface area contributed by atoms with Gasteiger partial charge in [0.2, 0.25) is 0 Å². The highest BCUT2D eigenvalue weighted by Crippen LogP contribution is 2.24. The van der Waals surface area contributed by atoms with Gasteiger partial charge in [-0.05, 0) is 68.1 Å². The van der Waals surface area contributed by atoms with Crippen LogP contribution in [-0.2, 0) is 10.0 Å². The molecule has 7 nitrogen and oxygen atoms in total. The van der Waals surface area contributed by atoms with Gasteiger partial charge in [-0.15, -0.1) is 0 Å². The smallest absolute Gasteiger partial charge is 0.261 e. The second-order valence-corrected chi connectivity index (χ2v) is 9.98. The average Bonchev–Trinajstić information content (AvgIpc) is 2.86. The Kier molecular flexibility index (Phi) is 6.98. The number of piperidine rings is 1. The predicted octanol–water partition coefficient (Wildman–Crippen LogP) is 4.67. The van der Waals surface area contributed by atoms with E-state index in [9.17, 15) is 18.0 Å². The van der Waals surface area contributed by atoms with Crippen molar-refractivity contribution < 1.29 is 18.0 Å². The molecule has 1 fully saturated rings. The molecule has 2 amide bonds. The van der Waals surface area contributed by atoms with Gasteiger partial charge < -0.3 is 10.2 Å². The van der Waals surface area contributed by atoms with Crippen LogP contribution >= 0.6 is 0 Å². The highest BCUT2D eigenvalue weighted by atomic mass is 32.2. The molecule has 0 aromatic heterocycles. The number of rotatable bonds is 6. The van der Waals surface area contributed by atoms with Gasteiger partial charge in [0.1, 0.15) is 0 Å². The summed E-state index contributed by atoms with van der Waals surface area (Å²) in [5.74, 6) is -0.533. The number of aryl methyl sites for hydroxylation is 1. The van der Waals surface area contributed by atoms with E-state index in [1.54, 1.807) is 61.5 Å². The molecule has 3 aromatic rings. The third-order valence-corrected chi connectivity index (χ3v) is 7.23. The quantitative estimate of drug-likeness (QED) is 0.539. The van der Waals surface area contributed by atoms with Gasteiger partial charge in [0.15, 0.2) is 0 Å². The van der Waals surface area contributed by atoms with Gasteiger partial charge in [-0.3, -0.25) is 14.3 Å². The number of carbonyl (C=O) groups excluding carboxylic acids is 2. The topological polar surface area (TPSA) is 95.6 Å². The van der Waals surface area contributed by atoms with Crippen LogP contribution in [-0.4, -0.2) is 38.2 Å². The van der Waals surface area contributed by atoms with Crippen LogP contribution in [0.15, 0.2) is 77.7 Å². The number of carbonyl (C=O) groups is 2. The summed E-state index contributed by atoms with van der Waals surface area (Å²) in [4.78, 5) is 28.0. The maximum absolute atomic E-state index is 13.1. The number of likely N-dealkylation sites (tertiary alicyclic amines) is 1. The minimum Gasteiger partial charge on any atom is -0.339 e. The number of amides is 2. The number of nitrogens with zero attached hydrogens (tertiary/aromatic N) is 1. The number of para-hydroxylation sites is 1. The summed E-state index contributed by atoms with van der Waals surface area (Å²) in [6.07, 6.45) is 3.07. The van der Waals surface area contributed by atoms with Gasteiger partial charge in [-0.1, -0.05) is 36.4 Å². The van der Waals surface area contributed by atoms with Crippen LogP contribution in [0.1, 0.15) is 45.5 Å². The molecular formula is C26H27N3O4S. The molecular weight excluding hydrogens is 450 g/mol. The molecule has 2 N–H and O–H groups in total. The Bertz CT molecular complexity index is 1300. The zero-order valence-electron chi connectivity index (χ0n) is 19.0. The van der Waals surface area contributed by atoms with Gasteiger partial charge in [-0.25, -0.2) is 8.42 Å². The van der Waals surface area contributed by atoms with Crippen LogP contribution in [0.4, 0.5) is 11.4 Å². The van der Waals surface area contributed by atoms with Crippen molar-refractivity contribution in [3.05, 3.63) is 89.5 Å². The summed E-state index contributed by atoms with van der Waals surface area (Å²) >= 11 is 0. The molecule has 0 aliphatic carbocycles. The Morgan fingerprint density at radius 2 is 1.50 bits per heavy atom. The van der Waals surface area contributed by atoms with E-state index in [1.165, 1.54) is 18.2 Å². The largest absolute Gasteiger partial charge is 0.339 e. The predicted molar refractivity (Wildman–Crippen MR) is 133 cm³/mol. The van der Waals surface area contributed by atoms with Crippen LogP contribution in [0.25, 0.3) is 0 Å². The first-order valence-electron chi connectivity index (χ1n) is 11.2. The summed E-state index contributed by atoms with van der Waals surface area (Å²) in [5.41, 5.74) is 2.13. The molecule has 8 heteroatoms. The summed E-state index contributed by atoms with van der Waals surface area (Å²) in [5, 5.41) is 2.82. The fourth-order valence-corrected chi connectivity index (χ4v) is 5.06. The highest BCUT2D eigenvalue weighted by Gasteiger charge is 2.22. The van der Waals surface area contributed by atoms with Crippen molar-refractivity contribution in [1.29, 1.82) is 0 Å². The second-order valence-electron chi connectivity index (χ2n) is 8.30. The lowest BCUT2D eigenvalue weighted by molar-refractivity contribution is 0.0725. The number of hydrogen-bond acceptors (Lipinski definition) is 4. The fourth-order valence-electron chi connectivity index (χ4n) is 3.92. The lowest BCUT2D eigenvalue weighted by Crippen LogP contribution is -2.36. The molecule has 1 aliphatic heterocycles. The summed E-state index contributed by atoms with van der Waals surface area (Å²) in [6.45, 7) is 3.19. The number of hydrogen-bond donors (Lipinski definition) is 2. The van der Waals surface area contributed by atoms with Crippen molar-refractivity contribution in [3.63, 3.8) is 0 Å². The van der Waals surface area contributed by atoms with Crippen LogP contribution in [0.3, 0.4) is 0 Å². The fraction of sp³-hybridized carbons (Fsp3) is 0.231. The van der Waals surface area contributed by atoms with E-state index in [0.29, 0.717) is 35.6 Å². The highest BCUT2D eigenvalue weighted by molar-refractivity contribution is 7.92. The minimum atomic E-state index is -3.80. The molecule has 0 bridgehead atoms. The van der Waals surface area contributed by atoms with Gasteiger partial charge in [0.05, 0.1) is 21.8 Å². The molecule has 1 saturated heterocycles. The van der Waals surface area contributed by atoms with E-state index in [-0.39, 0.29) is 16.4 Å². The van der Waals surface area contributed by atoms with Gasteiger partial charge in [-0.2, -0.15) is 0 Å². The third kappa shape index (κ3) is 5.28. The van der Waals surface area contributed by atoms with E-state index in [4.69, 9.17) is 0 Å². The van der Waals surface area contributed by atoms with Crippen LogP contribution in [0, 0.1) is 6.92 Å².